The number of pyridine rings is 1. The third-order valence-electron chi connectivity index (χ3n) is 5.58. The molecular weight excluding hydrogens is 474 g/mol. The van der Waals surface area contributed by atoms with Gasteiger partial charge in [-0.1, -0.05) is 5.16 Å². The number of carbonyl (C=O) groups is 1. The maximum absolute atomic E-state index is 12.5. The number of aromatic nitrogens is 2. The average molecular weight is 498 g/mol. The highest BCUT2D eigenvalue weighted by atomic mass is 32.2. The Bertz CT molecular complexity index is 1380. The summed E-state index contributed by atoms with van der Waals surface area (Å²) in [4.78, 5) is 15.7. The Morgan fingerprint density at radius 3 is 2.68 bits per heavy atom. The molecule has 0 atom stereocenters. The predicted octanol–water partition coefficient (Wildman–Crippen LogP) is 3.98. The van der Waals surface area contributed by atoms with Crippen LogP contribution >= 0.6 is 11.8 Å². The van der Waals surface area contributed by atoms with Crippen molar-refractivity contribution in [2.75, 3.05) is 11.1 Å². The molecule has 9 nitrogen and oxygen atoms in total. The van der Waals surface area contributed by atoms with E-state index in [1.807, 2.05) is 6.07 Å². The van der Waals surface area contributed by atoms with Crippen molar-refractivity contribution in [2.24, 2.45) is 0 Å². The zero-order chi connectivity index (χ0) is 24.3. The molecule has 1 amide bonds. The lowest BCUT2D eigenvalue weighted by Crippen LogP contribution is -2.23. The highest BCUT2D eigenvalue weighted by molar-refractivity contribution is 7.99. The number of rotatable bonds is 7. The van der Waals surface area contributed by atoms with E-state index in [9.17, 15) is 18.5 Å². The lowest BCUT2D eigenvalue weighted by Gasteiger charge is -2.19. The summed E-state index contributed by atoms with van der Waals surface area (Å²) >= 11 is 1.27. The number of amides is 1. The van der Waals surface area contributed by atoms with Gasteiger partial charge in [-0.25, -0.2) is 13.4 Å². The molecule has 0 radical (unpaired) electrons. The molecule has 176 valence electrons. The number of H-pyrrole nitrogens is 1. The van der Waals surface area contributed by atoms with Crippen molar-refractivity contribution in [3.05, 3.63) is 63.1 Å². The summed E-state index contributed by atoms with van der Waals surface area (Å²) in [6, 6.07) is 9.84. The zero-order valence-corrected chi connectivity index (χ0v) is 20.3. The van der Waals surface area contributed by atoms with Crippen molar-refractivity contribution in [1.29, 1.82) is 5.26 Å². The van der Waals surface area contributed by atoms with Gasteiger partial charge in [0.1, 0.15) is 21.7 Å². The number of aryl methyl sites for hydroxylation is 3. The Balaban J connectivity index is 1.38. The van der Waals surface area contributed by atoms with Crippen molar-refractivity contribution in [3.63, 3.8) is 0 Å². The van der Waals surface area contributed by atoms with E-state index in [0.717, 1.165) is 31.4 Å². The number of nitrogens with zero attached hydrogens (tertiary/aromatic N) is 3. The number of hydrogen-bond acceptors (Lipinski definition) is 7. The third kappa shape index (κ3) is 5.24. The van der Waals surface area contributed by atoms with Crippen LogP contribution in [0.2, 0.25) is 0 Å². The molecule has 2 heterocycles. The van der Waals surface area contributed by atoms with Crippen molar-refractivity contribution in [1.82, 2.24) is 5.16 Å². The van der Waals surface area contributed by atoms with Crippen LogP contribution in [0.3, 0.4) is 0 Å². The van der Waals surface area contributed by atoms with Crippen LogP contribution in [-0.4, -0.2) is 25.2 Å². The van der Waals surface area contributed by atoms with Crippen LogP contribution in [0.25, 0.3) is 4.72 Å². The fourth-order valence-corrected chi connectivity index (χ4v) is 5.34. The molecule has 3 aromatic rings. The summed E-state index contributed by atoms with van der Waals surface area (Å²) in [7, 11) is -3.99. The minimum absolute atomic E-state index is 0.0318. The fourth-order valence-electron chi connectivity index (χ4n) is 3.57. The summed E-state index contributed by atoms with van der Waals surface area (Å²) in [5, 5.41) is 16.6. The quantitative estimate of drug-likeness (QED) is 0.487. The SMILES string of the molecule is Cc1noc([N-]S(=O)(=O)c2ccc(NC(=O)CSc3[nH+]c4c(cc3C#N)CCCC4)cc2)c1C. The zero-order valence-electron chi connectivity index (χ0n) is 18.7. The predicted molar refractivity (Wildman–Crippen MR) is 126 cm³/mol. The van der Waals surface area contributed by atoms with Crippen LogP contribution in [0.4, 0.5) is 11.6 Å². The Morgan fingerprint density at radius 2 is 2.00 bits per heavy atom. The molecule has 11 heteroatoms. The Labute approximate surface area is 202 Å². The van der Waals surface area contributed by atoms with Crippen LogP contribution in [0.5, 0.6) is 0 Å². The Morgan fingerprint density at radius 1 is 1.26 bits per heavy atom. The normalized spacial score (nSPS) is 13.1. The van der Waals surface area contributed by atoms with Gasteiger partial charge in [-0.05, 0) is 80.8 Å². The number of hydrogen-bond donors (Lipinski definition) is 1. The minimum atomic E-state index is -3.99. The molecule has 0 fully saturated rings. The van der Waals surface area contributed by atoms with Gasteiger partial charge in [0.05, 0.1) is 22.2 Å². The summed E-state index contributed by atoms with van der Waals surface area (Å²) in [6.45, 7) is 3.38. The van der Waals surface area contributed by atoms with Crippen molar-refractivity contribution < 1.29 is 22.7 Å². The summed E-state index contributed by atoms with van der Waals surface area (Å²) in [5.41, 5.74) is 4.42. The molecule has 0 saturated carbocycles. The number of fused-ring (bicyclic) bond motifs is 1. The van der Waals surface area contributed by atoms with E-state index in [1.54, 1.807) is 13.8 Å². The van der Waals surface area contributed by atoms with Gasteiger partial charge in [-0.3, -0.25) is 4.79 Å². The van der Waals surface area contributed by atoms with Gasteiger partial charge in [0.25, 0.3) is 5.03 Å². The van der Waals surface area contributed by atoms with Crippen molar-refractivity contribution >= 4 is 39.3 Å². The lowest BCUT2D eigenvalue weighted by molar-refractivity contribution is -0.439. The number of carbonyl (C=O) groups excluding carboxylic acids is 1. The highest BCUT2D eigenvalue weighted by Gasteiger charge is 2.22. The number of anilines is 1. The van der Waals surface area contributed by atoms with E-state index in [4.69, 9.17) is 4.52 Å². The molecule has 0 bridgehead atoms. The molecule has 0 aliphatic heterocycles. The molecule has 2 N–H and O–H groups in total. The second kappa shape index (κ2) is 9.87. The van der Waals surface area contributed by atoms with Crippen LogP contribution in [0.1, 0.15) is 40.9 Å². The number of aromatic amines is 1. The Kier molecular flexibility index (Phi) is 6.90. The average Bonchev–Trinajstić information content (AvgIpc) is 3.14. The number of sulfonamides is 1. The van der Waals surface area contributed by atoms with E-state index in [-0.39, 0.29) is 22.4 Å². The number of nitriles is 1. The van der Waals surface area contributed by atoms with Gasteiger partial charge in [0, 0.05) is 17.7 Å². The van der Waals surface area contributed by atoms with Crippen LogP contribution in [-0.2, 0) is 27.7 Å². The number of nitrogens with one attached hydrogen (secondary N) is 2. The molecule has 0 saturated heterocycles. The van der Waals surface area contributed by atoms with Gasteiger partial charge in [0.2, 0.25) is 5.91 Å². The third-order valence-corrected chi connectivity index (χ3v) is 7.87. The van der Waals surface area contributed by atoms with Crippen molar-refractivity contribution in [3.8, 4) is 6.07 Å². The molecular formula is C23H23N5O4S2. The van der Waals surface area contributed by atoms with Crippen LogP contribution in [0.15, 0.2) is 44.8 Å². The first-order valence-corrected chi connectivity index (χ1v) is 13.1. The molecule has 1 aliphatic rings. The van der Waals surface area contributed by atoms with E-state index in [0.29, 0.717) is 27.5 Å². The molecule has 0 unspecified atom stereocenters. The molecule has 1 aliphatic carbocycles. The second-order valence-electron chi connectivity index (χ2n) is 7.96. The Hall–Kier alpha value is -3.36. The maximum Gasteiger partial charge on any atom is 0.257 e. The highest BCUT2D eigenvalue weighted by Crippen LogP contribution is 2.32. The molecule has 0 spiro atoms. The van der Waals surface area contributed by atoms with E-state index >= 15 is 0 Å². The van der Waals surface area contributed by atoms with E-state index in [2.05, 4.69) is 26.2 Å². The fraction of sp³-hybridized carbons (Fsp3) is 0.304. The molecule has 2 aromatic heterocycles. The maximum atomic E-state index is 12.5. The summed E-state index contributed by atoms with van der Waals surface area (Å²) in [6.07, 6.45) is 4.13. The number of benzene rings is 1. The summed E-state index contributed by atoms with van der Waals surface area (Å²) in [5.74, 6) is -0.223. The largest absolute Gasteiger partial charge is 0.539 e. The van der Waals surface area contributed by atoms with Crippen molar-refractivity contribution in [2.45, 2.75) is 49.5 Å². The first-order valence-electron chi connectivity index (χ1n) is 10.7. The molecule has 4 rings (SSSR count). The van der Waals surface area contributed by atoms with Gasteiger partial charge in [-0.2, -0.15) is 5.26 Å². The lowest BCUT2D eigenvalue weighted by atomic mass is 9.95. The van der Waals surface area contributed by atoms with Crippen LogP contribution < -0.4 is 10.3 Å². The second-order valence-corrected chi connectivity index (χ2v) is 10.6. The molecule has 34 heavy (non-hydrogen) atoms. The molecule has 1 aromatic carbocycles. The number of thioether (sulfide) groups is 1. The topological polar surface area (TPSA) is 141 Å². The van der Waals surface area contributed by atoms with Gasteiger partial charge < -0.3 is 14.6 Å². The first-order chi connectivity index (χ1) is 16.3. The van der Waals surface area contributed by atoms with Gasteiger partial charge in [-0.15, -0.1) is 0 Å². The van der Waals surface area contributed by atoms with Crippen LogP contribution in [0, 0.1) is 25.2 Å². The van der Waals surface area contributed by atoms with E-state index in [1.165, 1.54) is 41.6 Å². The van der Waals surface area contributed by atoms with E-state index < -0.39 is 10.0 Å². The first kappa shape index (κ1) is 23.8. The summed E-state index contributed by atoms with van der Waals surface area (Å²) < 4.78 is 33.8. The smallest absolute Gasteiger partial charge is 0.257 e. The minimum Gasteiger partial charge on any atom is -0.539 e. The van der Waals surface area contributed by atoms with Gasteiger partial charge in [0.15, 0.2) is 5.69 Å². The monoisotopic (exact) mass is 497 g/mol. The van der Waals surface area contributed by atoms with Gasteiger partial charge >= 0.3 is 0 Å². The standard InChI is InChI=1S/C23H23N5O4S2/c1-14-15(2)27-32-22(14)28-34(30,31)19-9-7-18(8-10-19)25-21(29)13-33-23-17(12-24)11-16-5-3-4-6-20(16)26-23/h7-11H,3-6,13H2,1-2H3,(H2,25,27,28,29).